The molecule has 1 aliphatic heterocycles. The molecule has 0 spiro atoms. The van der Waals surface area contributed by atoms with E-state index in [1.54, 1.807) is 4.90 Å². The van der Waals surface area contributed by atoms with Crippen LogP contribution in [-0.4, -0.2) is 60.1 Å². The van der Waals surface area contributed by atoms with E-state index in [0.29, 0.717) is 19.6 Å². The summed E-state index contributed by atoms with van der Waals surface area (Å²) >= 11 is 0. The average Bonchev–Trinajstić information content (AvgIpc) is 2.47. The van der Waals surface area contributed by atoms with Gasteiger partial charge < -0.3 is 15.7 Å². The molecule has 0 aromatic heterocycles. The van der Waals surface area contributed by atoms with Gasteiger partial charge in [0.05, 0.1) is 5.56 Å². The van der Waals surface area contributed by atoms with Gasteiger partial charge in [0.15, 0.2) is 0 Å². The van der Waals surface area contributed by atoms with Gasteiger partial charge >= 0.3 is 0 Å². The molecule has 5 nitrogen and oxygen atoms in total. The smallest absolute Gasteiger partial charge is 0.257 e. The van der Waals surface area contributed by atoms with E-state index in [2.05, 4.69) is 4.90 Å². The maximum atomic E-state index is 13.2. The highest BCUT2D eigenvalue weighted by atomic mass is 19.1. The van der Waals surface area contributed by atoms with E-state index >= 15 is 0 Å². The number of carbonyl (C=O) groups excluding carboxylic acids is 1. The summed E-state index contributed by atoms with van der Waals surface area (Å²) in [5.41, 5.74) is 5.50. The molecule has 3 N–H and O–H groups in total. The van der Waals surface area contributed by atoms with Crippen molar-refractivity contribution in [2.75, 3.05) is 39.3 Å². The third-order valence-electron chi connectivity index (χ3n) is 3.53. The van der Waals surface area contributed by atoms with Gasteiger partial charge in [-0.3, -0.25) is 9.69 Å². The molecule has 1 aromatic rings. The van der Waals surface area contributed by atoms with E-state index in [1.807, 2.05) is 0 Å². The van der Waals surface area contributed by atoms with Crippen molar-refractivity contribution in [1.29, 1.82) is 0 Å². The molecule has 0 unspecified atom stereocenters. The first kappa shape index (κ1) is 14.7. The zero-order valence-corrected chi connectivity index (χ0v) is 11.4. The third-order valence-corrected chi connectivity index (χ3v) is 3.53. The van der Waals surface area contributed by atoms with Crippen LogP contribution in [0.5, 0.6) is 5.75 Å². The van der Waals surface area contributed by atoms with Crippen LogP contribution in [0.1, 0.15) is 16.8 Å². The molecule has 20 heavy (non-hydrogen) atoms. The number of phenolic OH excluding ortho intramolecular Hbond substituents is 1. The Morgan fingerprint density at radius 3 is 2.65 bits per heavy atom. The summed E-state index contributed by atoms with van der Waals surface area (Å²) in [6.07, 6.45) is 0.943. The molecule has 6 heteroatoms. The lowest BCUT2D eigenvalue weighted by atomic mass is 10.1. The second-order valence-electron chi connectivity index (χ2n) is 4.94. The number of phenols is 1. The summed E-state index contributed by atoms with van der Waals surface area (Å²) in [6.45, 7) is 4.32. The van der Waals surface area contributed by atoms with Crippen molar-refractivity contribution < 1.29 is 14.3 Å². The van der Waals surface area contributed by atoms with Crippen molar-refractivity contribution >= 4 is 5.91 Å². The first-order valence-corrected chi connectivity index (χ1v) is 6.82. The van der Waals surface area contributed by atoms with Crippen molar-refractivity contribution in [3.63, 3.8) is 0 Å². The molecule has 1 aromatic carbocycles. The molecule has 0 atom stereocenters. The molecule has 0 radical (unpaired) electrons. The first-order valence-electron chi connectivity index (χ1n) is 6.82. The van der Waals surface area contributed by atoms with E-state index in [1.165, 1.54) is 6.07 Å². The van der Waals surface area contributed by atoms with Crippen LogP contribution in [-0.2, 0) is 0 Å². The van der Waals surface area contributed by atoms with Gasteiger partial charge in [0.1, 0.15) is 11.6 Å². The summed E-state index contributed by atoms with van der Waals surface area (Å²) in [7, 11) is 0. The van der Waals surface area contributed by atoms with Gasteiger partial charge in [-0.2, -0.15) is 0 Å². The number of hydrogen-bond donors (Lipinski definition) is 2. The number of nitrogens with zero attached hydrogens (tertiary/aromatic N) is 2. The molecule has 1 saturated heterocycles. The van der Waals surface area contributed by atoms with Crippen LogP contribution in [0.3, 0.4) is 0 Å². The molecule has 0 saturated carbocycles. The summed E-state index contributed by atoms with van der Waals surface area (Å²) < 4.78 is 13.2. The Balaban J connectivity index is 1.96. The molecule has 2 rings (SSSR count). The van der Waals surface area contributed by atoms with Crippen molar-refractivity contribution in [2.24, 2.45) is 5.73 Å². The van der Waals surface area contributed by atoms with Crippen molar-refractivity contribution in [1.82, 2.24) is 9.80 Å². The van der Waals surface area contributed by atoms with Crippen LogP contribution in [0.25, 0.3) is 0 Å². The summed E-state index contributed by atoms with van der Waals surface area (Å²) in [5.74, 6) is -1.02. The van der Waals surface area contributed by atoms with E-state index in [4.69, 9.17) is 5.73 Å². The summed E-state index contributed by atoms with van der Waals surface area (Å²) in [6, 6.07) is 3.43. The Morgan fingerprint density at radius 2 is 2.00 bits per heavy atom. The number of hydrogen-bond acceptors (Lipinski definition) is 4. The van der Waals surface area contributed by atoms with E-state index in [-0.39, 0.29) is 17.2 Å². The maximum Gasteiger partial charge on any atom is 0.257 e. The van der Waals surface area contributed by atoms with Crippen LogP contribution in [0.4, 0.5) is 4.39 Å². The number of halogens is 1. The highest BCUT2D eigenvalue weighted by Crippen LogP contribution is 2.20. The highest BCUT2D eigenvalue weighted by Gasteiger charge is 2.23. The highest BCUT2D eigenvalue weighted by molar-refractivity contribution is 5.96. The van der Waals surface area contributed by atoms with Gasteiger partial charge in [-0.15, -0.1) is 0 Å². The zero-order valence-electron chi connectivity index (χ0n) is 11.4. The predicted octanol–water partition coefficient (Wildman–Crippen LogP) is 0.638. The number of nitrogens with two attached hydrogens (primary N) is 1. The number of carbonyl (C=O) groups is 1. The van der Waals surface area contributed by atoms with Crippen LogP contribution in [0, 0.1) is 5.82 Å². The number of piperazine rings is 1. The minimum atomic E-state index is -0.521. The van der Waals surface area contributed by atoms with Gasteiger partial charge in [0, 0.05) is 26.2 Å². The Hall–Kier alpha value is -1.66. The second kappa shape index (κ2) is 6.67. The van der Waals surface area contributed by atoms with Gasteiger partial charge in [-0.25, -0.2) is 4.39 Å². The molecular weight excluding hydrogens is 261 g/mol. The lowest BCUT2D eigenvalue weighted by molar-refractivity contribution is 0.0633. The number of amides is 1. The first-order chi connectivity index (χ1) is 9.61. The minimum absolute atomic E-state index is 0.0282. The fourth-order valence-electron chi connectivity index (χ4n) is 2.34. The van der Waals surface area contributed by atoms with E-state index < -0.39 is 5.82 Å². The fourth-order valence-corrected chi connectivity index (χ4v) is 2.34. The van der Waals surface area contributed by atoms with E-state index in [0.717, 1.165) is 38.2 Å². The molecular formula is C14H20FN3O2. The largest absolute Gasteiger partial charge is 0.507 e. The monoisotopic (exact) mass is 281 g/mol. The zero-order chi connectivity index (χ0) is 14.5. The quantitative estimate of drug-likeness (QED) is 0.849. The van der Waals surface area contributed by atoms with Gasteiger partial charge in [-0.05, 0) is 37.7 Å². The molecule has 0 bridgehead atoms. The molecule has 1 fully saturated rings. The topological polar surface area (TPSA) is 69.8 Å². The van der Waals surface area contributed by atoms with E-state index in [9.17, 15) is 14.3 Å². The summed E-state index contributed by atoms with van der Waals surface area (Å²) in [5, 5.41) is 9.67. The molecule has 110 valence electrons. The number of aromatic hydroxyl groups is 1. The molecule has 1 aliphatic rings. The maximum absolute atomic E-state index is 13.2. The van der Waals surface area contributed by atoms with Gasteiger partial charge in [0.25, 0.3) is 5.91 Å². The summed E-state index contributed by atoms with van der Waals surface area (Å²) in [4.78, 5) is 16.2. The van der Waals surface area contributed by atoms with Crippen LogP contribution >= 0.6 is 0 Å². The van der Waals surface area contributed by atoms with Crippen molar-refractivity contribution in [3.8, 4) is 5.75 Å². The van der Waals surface area contributed by atoms with Crippen LogP contribution in [0.15, 0.2) is 18.2 Å². The molecule has 1 heterocycles. The Labute approximate surface area is 117 Å². The standard InChI is InChI=1S/C14H20FN3O2/c15-11-2-3-13(19)12(10-11)14(20)18-8-6-17(7-9-18)5-1-4-16/h2-3,10,19H,1,4-9,16H2. The molecule has 1 amide bonds. The SMILES string of the molecule is NCCCN1CCN(C(=O)c2cc(F)ccc2O)CC1. The minimum Gasteiger partial charge on any atom is -0.507 e. The van der Waals surface area contributed by atoms with Gasteiger partial charge in [-0.1, -0.05) is 0 Å². The Morgan fingerprint density at radius 1 is 1.30 bits per heavy atom. The normalized spacial score (nSPS) is 16.4. The van der Waals surface area contributed by atoms with Crippen molar-refractivity contribution in [3.05, 3.63) is 29.6 Å². The Bertz CT molecular complexity index is 473. The lowest BCUT2D eigenvalue weighted by Crippen LogP contribution is -2.49. The number of rotatable bonds is 4. The number of benzene rings is 1. The fraction of sp³-hybridized carbons (Fsp3) is 0.500. The second-order valence-corrected chi connectivity index (χ2v) is 4.94. The third kappa shape index (κ3) is 3.46. The Kier molecular flexibility index (Phi) is 4.92. The van der Waals surface area contributed by atoms with Crippen molar-refractivity contribution in [2.45, 2.75) is 6.42 Å². The van der Waals surface area contributed by atoms with Crippen LogP contribution in [0.2, 0.25) is 0 Å². The molecule has 0 aliphatic carbocycles. The van der Waals surface area contributed by atoms with Crippen LogP contribution < -0.4 is 5.73 Å². The average molecular weight is 281 g/mol. The van der Waals surface area contributed by atoms with Gasteiger partial charge in [0.2, 0.25) is 0 Å². The lowest BCUT2D eigenvalue weighted by Gasteiger charge is -2.34. The predicted molar refractivity (Wildman–Crippen MR) is 74.1 cm³/mol.